The van der Waals surface area contributed by atoms with Crippen LogP contribution in [-0.4, -0.2) is 21.9 Å². The predicted octanol–water partition coefficient (Wildman–Crippen LogP) is 6.28. The molecule has 33 heavy (non-hydrogen) atoms. The molecular weight excluding hydrogens is 430 g/mol. The fraction of sp³-hybridized carbons (Fsp3) is 0.214. The van der Waals surface area contributed by atoms with Crippen molar-refractivity contribution in [2.45, 2.75) is 40.3 Å². The number of carboxylic acid groups (broad SMARTS) is 1. The number of thiophene rings is 1. The molecule has 0 aliphatic carbocycles. The van der Waals surface area contributed by atoms with Gasteiger partial charge in [-0.2, -0.15) is 0 Å². The number of amides is 1. The molecule has 0 unspecified atom stereocenters. The molecule has 4 nitrogen and oxygen atoms in total. The molecule has 0 saturated heterocycles. The number of carbonyl (C=O) groups is 2. The molecule has 0 spiro atoms. The number of carbonyl (C=O) groups excluding carboxylic acids is 1. The van der Waals surface area contributed by atoms with E-state index < -0.39 is 5.97 Å². The maximum Gasteiger partial charge on any atom is 0.307 e. The average Bonchev–Trinajstić information content (AvgIpc) is 3.45. The molecule has 4 aromatic rings. The lowest BCUT2D eigenvalue weighted by Gasteiger charge is -2.19. The van der Waals surface area contributed by atoms with E-state index in [1.54, 1.807) is 11.3 Å². The van der Waals surface area contributed by atoms with Gasteiger partial charge in [0.1, 0.15) is 0 Å². The minimum absolute atomic E-state index is 0.0191. The SMILES string of the molecule is Cc1ccc(-c2c(C)c3c(c(C)c2CC(=O)O)CN(C(=O)c2cccc4sccc24)C3)cc1. The second kappa shape index (κ2) is 8.16. The molecule has 1 aromatic heterocycles. The average molecular weight is 456 g/mol. The largest absolute Gasteiger partial charge is 0.481 e. The number of fused-ring (bicyclic) bond motifs is 2. The van der Waals surface area contributed by atoms with E-state index in [0.29, 0.717) is 13.1 Å². The number of aliphatic carboxylic acids is 1. The van der Waals surface area contributed by atoms with Gasteiger partial charge in [-0.05, 0) is 83.3 Å². The highest BCUT2D eigenvalue weighted by Gasteiger charge is 2.31. The van der Waals surface area contributed by atoms with Crippen molar-refractivity contribution in [3.8, 4) is 11.1 Å². The Bertz CT molecular complexity index is 1420. The second-order valence-corrected chi connectivity index (χ2v) is 9.74. The summed E-state index contributed by atoms with van der Waals surface area (Å²) in [6.07, 6.45) is -0.0364. The molecule has 1 aliphatic heterocycles. The monoisotopic (exact) mass is 455 g/mol. The van der Waals surface area contributed by atoms with Gasteiger partial charge in [-0.25, -0.2) is 0 Å². The molecule has 166 valence electrons. The Kier molecular flexibility index (Phi) is 5.29. The number of carboxylic acids is 1. The topological polar surface area (TPSA) is 57.6 Å². The summed E-state index contributed by atoms with van der Waals surface area (Å²) in [5.74, 6) is -0.827. The molecule has 1 amide bonds. The Morgan fingerprint density at radius 2 is 1.64 bits per heavy atom. The Morgan fingerprint density at radius 3 is 2.33 bits per heavy atom. The van der Waals surface area contributed by atoms with Gasteiger partial charge in [0, 0.05) is 28.7 Å². The van der Waals surface area contributed by atoms with Crippen LogP contribution in [0.25, 0.3) is 21.2 Å². The highest BCUT2D eigenvalue weighted by Crippen LogP contribution is 2.40. The van der Waals surface area contributed by atoms with E-state index in [0.717, 1.165) is 60.2 Å². The van der Waals surface area contributed by atoms with Gasteiger partial charge in [-0.1, -0.05) is 35.9 Å². The lowest BCUT2D eigenvalue weighted by Crippen LogP contribution is -2.25. The standard InChI is InChI=1S/C28H25NO3S/c1-16-7-9-19(10-8-16)27-18(3)24-15-29(14-23(24)17(2)22(27)13-26(30)31)28(32)21-5-4-6-25-20(21)11-12-33-25/h4-12H,13-15H2,1-3H3,(H,30,31). The quantitative estimate of drug-likeness (QED) is 0.394. The van der Waals surface area contributed by atoms with Crippen LogP contribution in [0.4, 0.5) is 0 Å². The normalized spacial score (nSPS) is 12.9. The van der Waals surface area contributed by atoms with Gasteiger partial charge in [0.2, 0.25) is 0 Å². The molecule has 1 aliphatic rings. The fourth-order valence-electron chi connectivity index (χ4n) is 5.04. The zero-order chi connectivity index (χ0) is 23.3. The molecule has 5 heteroatoms. The summed E-state index contributed by atoms with van der Waals surface area (Å²) in [6.45, 7) is 7.14. The van der Waals surface area contributed by atoms with Crippen molar-refractivity contribution in [1.29, 1.82) is 0 Å². The molecule has 2 heterocycles. The summed E-state index contributed by atoms with van der Waals surface area (Å²) >= 11 is 1.64. The first-order valence-electron chi connectivity index (χ1n) is 11.0. The van der Waals surface area contributed by atoms with Crippen LogP contribution >= 0.6 is 11.3 Å². The van der Waals surface area contributed by atoms with Gasteiger partial charge in [0.05, 0.1) is 6.42 Å². The van der Waals surface area contributed by atoms with Gasteiger partial charge in [0.15, 0.2) is 0 Å². The zero-order valence-corrected chi connectivity index (χ0v) is 19.8. The van der Waals surface area contributed by atoms with Gasteiger partial charge >= 0.3 is 5.97 Å². The number of hydrogen-bond donors (Lipinski definition) is 1. The van der Waals surface area contributed by atoms with Crippen molar-refractivity contribution < 1.29 is 14.7 Å². The molecule has 5 rings (SSSR count). The summed E-state index contributed by atoms with van der Waals surface area (Å²) in [6, 6.07) is 16.1. The Hall–Kier alpha value is -3.44. The van der Waals surface area contributed by atoms with Crippen LogP contribution in [0.5, 0.6) is 0 Å². The number of nitrogens with zero attached hydrogens (tertiary/aromatic N) is 1. The van der Waals surface area contributed by atoms with Gasteiger partial charge in [-0.3, -0.25) is 9.59 Å². The summed E-state index contributed by atoms with van der Waals surface area (Å²) in [4.78, 5) is 27.2. The summed E-state index contributed by atoms with van der Waals surface area (Å²) in [5, 5.41) is 12.7. The van der Waals surface area contributed by atoms with E-state index >= 15 is 0 Å². The molecular formula is C28H25NO3S. The molecule has 3 aromatic carbocycles. The van der Waals surface area contributed by atoms with E-state index in [2.05, 4.69) is 31.2 Å². The predicted molar refractivity (Wildman–Crippen MR) is 133 cm³/mol. The van der Waals surface area contributed by atoms with Crippen LogP contribution in [0.3, 0.4) is 0 Å². The van der Waals surface area contributed by atoms with Crippen LogP contribution in [0.15, 0.2) is 53.9 Å². The van der Waals surface area contributed by atoms with Crippen molar-refractivity contribution in [3.63, 3.8) is 0 Å². The smallest absolute Gasteiger partial charge is 0.307 e. The fourth-order valence-corrected chi connectivity index (χ4v) is 5.86. The molecule has 0 saturated carbocycles. The minimum atomic E-state index is -0.846. The first-order valence-corrected chi connectivity index (χ1v) is 11.9. The lowest BCUT2D eigenvalue weighted by atomic mass is 9.84. The number of hydrogen-bond acceptors (Lipinski definition) is 3. The first kappa shape index (κ1) is 21.4. The number of benzene rings is 3. The maximum absolute atomic E-state index is 13.5. The van der Waals surface area contributed by atoms with E-state index in [4.69, 9.17) is 0 Å². The summed E-state index contributed by atoms with van der Waals surface area (Å²) < 4.78 is 1.11. The van der Waals surface area contributed by atoms with Crippen LogP contribution in [0, 0.1) is 20.8 Å². The van der Waals surface area contributed by atoms with Crippen molar-refractivity contribution >= 4 is 33.3 Å². The van der Waals surface area contributed by atoms with E-state index in [-0.39, 0.29) is 12.3 Å². The molecule has 0 fully saturated rings. The highest BCUT2D eigenvalue weighted by molar-refractivity contribution is 7.17. The van der Waals surface area contributed by atoms with Gasteiger partial charge < -0.3 is 10.0 Å². The zero-order valence-electron chi connectivity index (χ0n) is 18.9. The van der Waals surface area contributed by atoms with Crippen molar-refractivity contribution in [3.05, 3.63) is 92.9 Å². The Morgan fingerprint density at radius 1 is 0.939 bits per heavy atom. The van der Waals surface area contributed by atoms with Crippen molar-refractivity contribution in [2.24, 2.45) is 0 Å². The van der Waals surface area contributed by atoms with Crippen LogP contribution in [0.2, 0.25) is 0 Å². The van der Waals surface area contributed by atoms with Crippen molar-refractivity contribution in [1.82, 2.24) is 4.90 Å². The first-order chi connectivity index (χ1) is 15.8. The van der Waals surface area contributed by atoms with E-state index in [1.807, 2.05) is 48.4 Å². The van der Waals surface area contributed by atoms with Crippen LogP contribution in [-0.2, 0) is 24.3 Å². The maximum atomic E-state index is 13.5. The molecule has 0 atom stereocenters. The molecule has 0 bridgehead atoms. The third kappa shape index (κ3) is 3.62. The lowest BCUT2D eigenvalue weighted by molar-refractivity contribution is -0.136. The summed E-state index contributed by atoms with van der Waals surface area (Å²) in [7, 11) is 0. The third-order valence-electron chi connectivity index (χ3n) is 6.78. The Labute approximate surface area is 197 Å². The summed E-state index contributed by atoms with van der Waals surface area (Å²) in [5.41, 5.74) is 9.02. The Balaban J connectivity index is 1.61. The van der Waals surface area contributed by atoms with E-state index in [1.165, 1.54) is 0 Å². The molecule has 1 N–H and O–H groups in total. The van der Waals surface area contributed by atoms with E-state index in [9.17, 15) is 14.7 Å². The molecule has 0 radical (unpaired) electrons. The third-order valence-corrected chi connectivity index (χ3v) is 7.66. The highest BCUT2D eigenvalue weighted by atomic mass is 32.1. The van der Waals surface area contributed by atoms with Crippen molar-refractivity contribution in [2.75, 3.05) is 0 Å². The number of aryl methyl sites for hydroxylation is 1. The van der Waals surface area contributed by atoms with Crippen LogP contribution < -0.4 is 0 Å². The van der Waals surface area contributed by atoms with Gasteiger partial charge in [0.25, 0.3) is 5.91 Å². The van der Waals surface area contributed by atoms with Gasteiger partial charge in [-0.15, -0.1) is 11.3 Å². The minimum Gasteiger partial charge on any atom is -0.481 e. The second-order valence-electron chi connectivity index (χ2n) is 8.80. The van der Waals surface area contributed by atoms with Crippen LogP contribution in [0.1, 0.15) is 43.7 Å². The number of rotatable bonds is 4.